The second kappa shape index (κ2) is 9.92. The van der Waals surface area contributed by atoms with Gasteiger partial charge in [0, 0.05) is 20.2 Å². The lowest BCUT2D eigenvalue weighted by Crippen LogP contribution is -2.20. The number of non-ortho nitro benzene ring substituents is 1. The molecule has 4 aromatic rings. The van der Waals surface area contributed by atoms with Gasteiger partial charge in [-0.15, -0.1) is 0 Å². The summed E-state index contributed by atoms with van der Waals surface area (Å²) in [6.07, 6.45) is 2.87. The minimum absolute atomic E-state index is 0.0444. The molecule has 0 spiro atoms. The first-order chi connectivity index (χ1) is 17.1. The van der Waals surface area contributed by atoms with Crippen LogP contribution >= 0.6 is 11.6 Å². The van der Waals surface area contributed by atoms with Gasteiger partial charge in [0.05, 0.1) is 45.5 Å². The number of nitrogens with zero attached hydrogens (tertiary/aromatic N) is 5. The Hall–Kier alpha value is -4.65. The van der Waals surface area contributed by atoms with E-state index in [9.17, 15) is 19.7 Å². The fraction of sp³-hybridized carbons (Fsp3) is 0.182. The summed E-state index contributed by atoms with van der Waals surface area (Å²) in [5.41, 5.74) is 1.42. The molecule has 13 nitrogen and oxygen atoms in total. The average molecular weight is 514 g/mol. The van der Waals surface area contributed by atoms with Crippen molar-refractivity contribution >= 4 is 40.5 Å². The van der Waals surface area contributed by atoms with Crippen LogP contribution in [0.2, 0.25) is 5.02 Å². The number of nitrogens with one attached hydrogen (secondary N) is 2. The van der Waals surface area contributed by atoms with Crippen LogP contribution in [-0.4, -0.2) is 36.3 Å². The number of aromatic nitrogens is 4. The van der Waals surface area contributed by atoms with Crippen LogP contribution in [0.3, 0.4) is 0 Å². The molecule has 0 aliphatic carbocycles. The molecular formula is C22H20ClN7O6. The number of carbonyl (C=O) groups excluding carboxylic acids is 2. The minimum atomic E-state index is -0.616. The summed E-state index contributed by atoms with van der Waals surface area (Å²) in [5, 5.41) is 24.7. The standard InChI is InChI=1S/C22H20ClN7O6/c1-12-16(9-24-28(12)2)26-22(32)20-17(10-25-29(20)3)27-21(31)18-7-5-14(36-18)11-35-19-8-13(30(33)34)4-6-15(19)23/h4-10H,11H2,1-3H3,(H,26,32)(H,27,31). The molecule has 4 rings (SSSR count). The van der Waals surface area contributed by atoms with Gasteiger partial charge >= 0.3 is 0 Å². The minimum Gasteiger partial charge on any atom is -0.484 e. The molecule has 1 aromatic carbocycles. The van der Waals surface area contributed by atoms with Crippen molar-refractivity contribution in [2.75, 3.05) is 10.6 Å². The van der Waals surface area contributed by atoms with Crippen molar-refractivity contribution in [2.24, 2.45) is 14.1 Å². The topological polar surface area (TPSA) is 159 Å². The van der Waals surface area contributed by atoms with Crippen molar-refractivity contribution in [3.63, 3.8) is 0 Å². The van der Waals surface area contributed by atoms with E-state index in [-0.39, 0.29) is 46.0 Å². The lowest BCUT2D eigenvalue weighted by Gasteiger charge is -2.08. The van der Waals surface area contributed by atoms with Crippen molar-refractivity contribution in [2.45, 2.75) is 13.5 Å². The monoisotopic (exact) mass is 513 g/mol. The van der Waals surface area contributed by atoms with Crippen LogP contribution < -0.4 is 15.4 Å². The van der Waals surface area contributed by atoms with Crippen LogP contribution in [0.1, 0.15) is 32.5 Å². The predicted octanol–water partition coefficient (Wildman–Crippen LogP) is 3.70. The molecule has 0 saturated carbocycles. The van der Waals surface area contributed by atoms with Gasteiger partial charge in [-0.3, -0.25) is 29.1 Å². The van der Waals surface area contributed by atoms with Crippen LogP contribution in [0.4, 0.5) is 17.1 Å². The highest BCUT2D eigenvalue weighted by molar-refractivity contribution is 6.32. The van der Waals surface area contributed by atoms with Crippen molar-refractivity contribution in [3.8, 4) is 5.75 Å². The third kappa shape index (κ3) is 5.05. The molecule has 0 aliphatic heterocycles. The van der Waals surface area contributed by atoms with Crippen LogP contribution in [0.15, 0.2) is 47.1 Å². The van der Waals surface area contributed by atoms with E-state index < -0.39 is 16.7 Å². The summed E-state index contributed by atoms with van der Waals surface area (Å²) in [6.45, 7) is 1.68. The van der Waals surface area contributed by atoms with Gasteiger partial charge in [-0.1, -0.05) is 11.6 Å². The maximum atomic E-state index is 12.9. The smallest absolute Gasteiger partial charge is 0.291 e. The largest absolute Gasteiger partial charge is 0.484 e. The van der Waals surface area contributed by atoms with E-state index in [4.69, 9.17) is 20.8 Å². The van der Waals surface area contributed by atoms with E-state index in [0.29, 0.717) is 5.69 Å². The van der Waals surface area contributed by atoms with Crippen molar-refractivity contribution in [1.82, 2.24) is 19.6 Å². The Balaban J connectivity index is 1.43. The molecule has 0 radical (unpaired) electrons. The zero-order valence-corrected chi connectivity index (χ0v) is 20.1. The van der Waals surface area contributed by atoms with Gasteiger partial charge in [-0.2, -0.15) is 10.2 Å². The Labute approximate surface area is 208 Å². The summed E-state index contributed by atoms with van der Waals surface area (Å²) in [5.74, 6) is -0.767. The quantitative estimate of drug-likeness (QED) is 0.266. The predicted molar refractivity (Wildman–Crippen MR) is 128 cm³/mol. The number of nitro groups is 1. The highest BCUT2D eigenvalue weighted by Gasteiger charge is 2.22. The van der Waals surface area contributed by atoms with Crippen LogP contribution in [0, 0.1) is 17.0 Å². The fourth-order valence-electron chi connectivity index (χ4n) is 3.23. The fourth-order valence-corrected chi connectivity index (χ4v) is 3.40. The number of hydrogen-bond acceptors (Lipinski definition) is 8. The van der Waals surface area contributed by atoms with Crippen molar-refractivity contribution in [1.29, 1.82) is 0 Å². The first-order valence-electron chi connectivity index (χ1n) is 10.4. The molecule has 0 bridgehead atoms. The number of amides is 2. The lowest BCUT2D eigenvalue weighted by atomic mass is 10.3. The third-order valence-electron chi connectivity index (χ3n) is 5.27. The van der Waals surface area contributed by atoms with Gasteiger partial charge in [-0.25, -0.2) is 0 Å². The number of rotatable bonds is 8. The van der Waals surface area contributed by atoms with E-state index in [1.54, 1.807) is 25.7 Å². The van der Waals surface area contributed by atoms with Crippen LogP contribution in [0.25, 0.3) is 0 Å². The van der Waals surface area contributed by atoms with Gasteiger partial charge in [-0.05, 0) is 25.1 Å². The third-order valence-corrected chi connectivity index (χ3v) is 5.58. The second-order valence-electron chi connectivity index (χ2n) is 7.63. The number of benzene rings is 1. The van der Waals surface area contributed by atoms with Crippen LogP contribution in [-0.2, 0) is 20.7 Å². The van der Waals surface area contributed by atoms with Gasteiger partial charge in [0.1, 0.15) is 23.8 Å². The van der Waals surface area contributed by atoms with Gasteiger partial charge in [0.15, 0.2) is 5.76 Å². The molecule has 3 heterocycles. The molecule has 3 aromatic heterocycles. The highest BCUT2D eigenvalue weighted by Crippen LogP contribution is 2.29. The van der Waals surface area contributed by atoms with Crippen molar-refractivity contribution < 1.29 is 23.7 Å². The lowest BCUT2D eigenvalue weighted by molar-refractivity contribution is -0.384. The number of hydrogen-bond donors (Lipinski definition) is 2. The summed E-state index contributed by atoms with van der Waals surface area (Å²) in [6, 6.07) is 6.75. The van der Waals surface area contributed by atoms with Crippen molar-refractivity contribution in [3.05, 3.63) is 80.8 Å². The van der Waals surface area contributed by atoms with Gasteiger partial charge in [0.25, 0.3) is 17.5 Å². The molecule has 0 fully saturated rings. The zero-order chi connectivity index (χ0) is 26.0. The Morgan fingerprint density at radius 2 is 1.78 bits per heavy atom. The summed E-state index contributed by atoms with van der Waals surface area (Å²) >= 11 is 6.03. The van der Waals surface area contributed by atoms with E-state index >= 15 is 0 Å². The van der Waals surface area contributed by atoms with Crippen LogP contribution in [0.5, 0.6) is 5.75 Å². The normalized spacial score (nSPS) is 10.8. The average Bonchev–Trinajstić information content (AvgIpc) is 3.54. The molecule has 186 valence electrons. The molecule has 36 heavy (non-hydrogen) atoms. The highest BCUT2D eigenvalue weighted by atomic mass is 35.5. The molecular weight excluding hydrogens is 494 g/mol. The first-order valence-corrected chi connectivity index (χ1v) is 10.8. The molecule has 0 aliphatic rings. The number of anilines is 2. The number of halogens is 1. The van der Waals surface area contributed by atoms with Gasteiger partial charge < -0.3 is 19.8 Å². The summed E-state index contributed by atoms with van der Waals surface area (Å²) in [7, 11) is 3.32. The molecule has 0 saturated heterocycles. The second-order valence-corrected chi connectivity index (χ2v) is 8.04. The van der Waals surface area contributed by atoms with E-state index in [1.807, 2.05) is 0 Å². The van der Waals surface area contributed by atoms with E-state index in [2.05, 4.69) is 20.8 Å². The van der Waals surface area contributed by atoms with Gasteiger partial charge in [0.2, 0.25) is 0 Å². The molecule has 14 heteroatoms. The number of ether oxygens (including phenoxy) is 1. The molecule has 2 amide bonds. The number of furan rings is 1. The number of nitro benzene ring substituents is 1. The maximum absolute atomic E-state index is 12.9. The first kappa shape index (κ1) is 24.5. The SMILES string of the molecule is Cc1c(NC(=O)c2c(NC(=O)c3ccc(COc4cc([N+](=O)[O-])ccc4Cl)o3)cnn2C)cnn1C. The Morgan fingerprint density at radius 1 is 1.08 bits per heavy atom. The number of carbonyl (C=O) groups is 2. The Morgan fingerprint density at radius 3 is 2.47 bits per heavy atom. The van der Waals surface area contributed by atoms with E-state index in [1.165, 1.54) is 47.4 Å². The zero-order valence-electron chi connectivity index (χ0n) is 19.3. The molecule has 0 atom stereocenters. The molecule has 0 unspecified atom stereocenters. The summed E-state index contributed by atoms with van der Waals surface area (Å²) < 4.78 is 14.0. The van der Waals surface area contributed by atoms with E-state index in [0.717, 1.165) is 5.69 Å². The molecule has 2 N–H and O–H groups in total. The Kier molecular flexibility index (Phi) is 6.74. The maximum Gasteiger partial charge on any atom is 0.291 e. The summed E-state index contributed by atoms with van der Waals surface area (Å²) in [4.78, 5) is 36.0. The Bertz CT molecular complexity index is 1470. The number of aryl methyl sites for hydroxylation is 2.